The van der Waals surface area contributed by atoms with Crippen LogP contribution in [0.4, 0.5) is 5.69 Å². The first-order valence-corrected chi connectivity index (χ1v) is 9.19. The van der Waals surface area contributed by atoms with E-state index in [0.29, 0.717) is 17.1 Å². The minimum atomic E-state index is -0.643. The average molecular weight is 386 g/mol. The van der Waals surface area contributed by atoms with E-state index in [9.17, 15) is 14.4 Å². The topological polar surface area (TPSA) is 54.5 Å². The van der Waals surface area contributed by atoms with Gasteiger partial charge in [0.25, 0.3) is 0 Å². The Morgan fingerprint density at radius 1 is 0.885 bits per heavy atom. The third-order valence-electron chi connectivity index (χ3n) is 5.84. The SMILES string of the molecule is O=C1CC2c3ccccc3C1C1C(=O)N(c3ccc(Cl)cc3Cl)C(=O)C21. The number of fused-ring (bicyclic) bond motifs is 1. The zero-order chi connectivity index (χ0) is 18.2. The molecule has 4 aliphatic rings. The maximum Gasteiger partial charge on any atom is 0.238 e. The first-order chi connectivity index (χ1) is 12.5. The van der Waals surface area contributed by atoms with Crippen LogP contribution in [0.2, 0.25) is 10.0 Å². The number of anilines is 1. The van der Waals surface area contributed by atoms with E-state index in [2.05, 4.69) is 0 Å². The molecule has 4 atom stereocenters. The molecule has 1 aliphatic heterocycles. The fraction of sp³-hybridized carbons (Fsp3) is 0.250. The van der Waals surface area contributed by atoms with E-state index in [4.69, 9.17) is 23.2 Å². The summed E-state index contributed by atoms with van der Waals surface area (Å²) in [6.45, 7) is 0. The predicted molar refractivity (Wildman–Crippen MR) is 97.5 cm³/mol. The maximum absolute atomic E-state index is 13.2. The van der Waals surface area contributed by atoms with Crippen molar-refractivity contribution in [3.05, 3.63) is 63.6 Å². The number of benzene rings is 2. The molecule has 2 bridgehead atoms. The van der Waals surface area contributed by atoms with Crippen LogP contribution >= 0.6 is 23.2 Å². The molecule has 26 heavy (non-hydrogen) atoms. The maximum atomic E-state index is 13.2. The van der Waals surface area contributed by atoms with E-state index in [1.54, 1.807) is 12.1 Å². The molecule has 0 N–H and O–H groups in total. The number of hydrogen-bond donors (Lipinski definition) is 0. The number of Topliss-reactive ketones (excluding diaryl/α,β-unsaturated/α-hetero) is 1. The molecular formula is C20H13Cl2NO3. The molecule has 0 aromatic heterocycles. The number of ketones is 1. The van der Waals surface area contributed by atoms with Gasteiger partial charge in [-0.1, -0.05) is 47.5 Å². The Kier molecular flexibility index (Phi) is 3.34. The zero-order valence-electron chi connectivity index (χ0n) is 13.5. The van der Waals surface area contributed by atoms with Gasteiger partial charge in [0, 0.05) is 17.4 Å². The Bertz CT molecular complexity index is 1000. The summed E-state index contributed by atoms with van der Waals surface area (Å²) in [4.78, 5) is 40.2. The summed E-state index contributed by atoms with van der Waals surface area (Å²) in [5.41, 5.74) is 2.24. The average Bonchev–Trinajstić information content (AvgIpc) is 2.88. The van der Waals surface area contributed by atoms with Crippen molar-refractivity contribution in [2.75, 3.05) is 4.90 Å². The number of halogens is 2. The molecule has 2 amide bonds. The molecule has 2 aromatic rings. The van der Waals surface area contributed by atoms with Crippen LogP contribution in [0, 0.1) is 11.8 Å². The van der Waals surface area contributed by atoms with Crippen LogP contribution in [0.1, 0.15) is 29.4 Å². The molecule has 1 saturated carbocycles. The second-order valence-electron chi connectivity index (χ2n) is 7.04. The van der Waals surface area contributed by atoms with Crippen LogP contribution in [0.5, 0.6) is 0 Å². The van der Waals surface area contributed by atoms with E-state index in [1.165, 1.54) is 6.07 Å². The van der Waals surface area contributed by atoms with Gasteiger partial charge in [-0.25, -0.2) is 4.90 Å². The fourth-order valence-electron chi connectivity index (χ4n) is 4.86. The van der Waals surface area contributed by atoms with Gasteiger partial charge in [-0.3, -0.25) is 14.4 Å². The van der Waals surface area contributed by atoms with Crippen molar-refractivity contribution in [2.24, 2.45) is 11.8 Å². The first-order valence-electron chi connectivity index (χ1n) is 8.43. The molecule has 0 radical (unpaired) electrons. The monoisotopic (exact) mass is 385 g/mol. The zero-order valence-corrected chi connectivity index (χ0v) is 15.0. The standard InChI is InChI=1S/C20H13Cl2NO3/c21-9-5-6-14(13(22)7-9)23-19(25)17-12-8-15(24)16(18(17)20(23)26)11-4-2-1-3-10(11)12/h1-7,12,16-18H,8H2. The van der Waals surface area contributed by atoms with Gasteiger partial charge in [0.05, 0.1) is 28.5 Å². The third kappa shape index (κ3) is 1.94. The molecule has 3 aliphatic carbocycles. The molecule has 2 aromatic carbocycles. The minimum absolute atomic E-state index is 0.0418. The molecule has 130 valence electrons. The van der Waals surface area contributed by atoms with Gasteiger partial charge in [0.1, 0.15) is 5.78 Å². The Morgan fingerprint density at radius 3 is 2.31 bits per heavy atom. The number of hydrogen-bond acceptors (Lipinski definition) is 3. The molecule has 0 spiro atoms. The van der Waals surface area contributed by atoms with Crippen molar-refractivity contribution in [1.82, 2.24) is 0 Å². The number of carbonyl (C=O) groups is 3. The number of rotatable bonds is 1. The molecule has 6 rings (SSSR count). The number of carbonyl (C=O) groups excluding carboxylic acids is 3. The lowest BCUT2D eigenvalue weighted by atomic mass is 9.56. The second kappa shape index (κ2) is 5.41. The Labute approximate surface area is 159 Å². The Hall–Kier alpha value is -2.17. The van der Waals surface area contributed by atoms with Crippen LogP contribution < -0.4 is 4.90 Å². The van der Waals surface area contributed by atoms with Crippen LogP contribution in [-0.2, 0) is 14.4 Å². The summed E-state index contributed by atoms with van der Waals surface area (Å²) < 4.78 is 0. The van der Waals surface area contributed by atoms with Crippen LogP contribution in [0.3, 0.4) is 0 Å². The van der Waals surface area contributed by atoms with Crippen molar-refractivity contribution >= 4 is 46.5 Å². The lowest BCUT2D eigenvalue weighted by Gasteiger charge is -2.43. The summed E-state index contributed by atoms with van der Waals surface area (Å²) in [5.74, 6) is -2.53. The Morgan fingerprint density at radius 2 is 1.58 bits per heavy atom. The minimum Gasteiger partial charge on any atom is -0.299 e. The fourth-order valence-corrected chi connectivity index (χ4v) is 5.35. The second-order valence-corrected chi connectivity index (χ2v) is 7.89. The van der Waals surface area contributed by atoms with E-state index < -0.39 is 17.8 Å². The van der Waals surface area contributed by atoms with Crippen molar-refractivity contribution < 1.29 is 14.4 Å². The van der Waals surface area contributed by atoms with E-state index in [0.717, 1.165) is 16.0 Å². The highest BCUT2D eigenvalue weighted by atomic mass is 35.5. The van der Waals surface area contributed by atoms with E-state index >= 15 is 0 Å². The third-order valence-corrected chi connectivity index (χ3v) is 6.38. The molecule has 2 fully saturated rings. The Balaban J connectivity index is 1.66. The molecule has 1 saturated heterocycles. The van der Waals surface area contributed by atoms with Crippen LogP contribution in [-0.4, -0.2) is 17.6 Å². The largest absolute Gasteiger partial charge is 0.299 e. The summed E-state index contributed by atoms with van der Waals surface area (Å²) in [6.07, 6.45) is 0.310. The van der Waals surface area contributed by atoms with Crippen molar-refractivity contribution in [1.29, 1.82) is 0 Å². The van der Waals surface area contributed by atoms with Crippen molar-refractivity contribution in [3.63, 3.8) is 0 Å². The number of amides is 2. The summed E-state index contributed by atoms with van der Waals surface area (Å²) in [5, 5.41) is 0.673. The van der Waals surface area contributed by atoms with Gasteiger partial charge in [-0.2, -0.15) is 0 Å². The summed E-state index contributed by atoms with van der Waals surface area (Å²) >= 11 is 12.2. The lowest BCUT2D eigenvalue weighted by molar-refractivity contribution is -0.134. The number of imide groups is 1. The lowest BCUT2D eigenvalue weighted by Crippen LogP contribution is -2.44. The van der Waals surface area contributed by atoms with Gasteiger partial charge in [0.15, 0.2) is 0 Å². The van der Waals surface area contributed by atoms with Gasteiger partial charge in [-0.15, -0.1) is 0 Å². The molecule has 4 unspecified atom stereocenters. The highest BCUT2D eigenvalue weighted by Crippen LogP contribution is 2.58. The summed E-state index contributed by atoms with van der Waals surface area (Å²) in [6, 6.07) is 12.3. The smallest absolute Gasteiger partial charge is 0.238 e. The van der Waals surface area contributed by atoms with Crippen molar-refractivity contribution in [2.45, 2.75) is 18.3 Å². The normalized spacial score (nSPS) is 29.2. The van der Waals surface area contributed by atoms with Gasteiger partial charge < -0.3 is 0 Å². The first kappa shape index (κ1) is 16.0. The van der Waals surface area contributed by atoms with E-state index in [-0.39, 0.29) is 28.5 Å². The molecule has 4 nitrogen and oxygen atoms in total. The van der Waals surface area contributed by atoms with E-state index in [1.807, 2.05) is 24.3 Å². The van der Waals surface area contributed by atoms with Gasteiger partial charge in [-0.05, 0) is 29.3 Å². The van der Waals surface area contributed by atoms with Gasteiger partial charge in [0.2, 0.25) is 11.8 Å². The highest BCUT2D eigenvalue weighted by Gasteiger charge is 2.62. The summed E-state index contributed by atoms with van der Waals surface area (Å²) in [7, 11) is 0. The molecule has 1 heterocycles. The highest BCUT2D eigenvalue weighted by molar-refractivity contribution is 6.38. The van der Waals surface area contributed by atoms with Crippen LogP contribution in [0.15, 0.2) is 42.5 Å². The predicted octanol–water partition coefficient (Wildman–Crippen LogP) is 3.95. The van der Waals surface area contributed by atoms with Crippen LogP contribution in [0.25, 0.3) is 0 Å². The molecule has 6 heteroatoms. The molecular weight excluding hydrogens is 373 g/mol. The quantitative estimate of drug-likeness (QED) is 0.698. The van der Waals surface area contributed by atoms with Crippen molar-refractivity contribution in [3.8, 4) is 0 Å². The number of nitrogens with zero attached hydrogens (tertiary/aromatic N) is 1. The van der Waals surface area contributed by atoms with Gasteiger partial charge >= 0.3 is 0 Å².